The number of carbonyl (C=O) groups is 1. The van der Waals surface area contributed by atoms with Crippen molar-refractivity contribution < 1.29 is 9.53 Å². The number of rotatable bonds is 5. The molecule has 122 valence electrons. The molecule has 0 saturated heterocycles. The van der Waals surface area contributed by atoms with E-state index < -0.39 is 11.2 Å². The average Bonchev–Trinajstić information content (AvgIpc) is 2.55. The zero-order chi connectivity index (χ0) is 17.0. The van der Waals surface area contributed by atoms with Crippen molar-refractivity contribution in [1.82, 2.24) is 14.5 Å². The maximum atomic E-state index is 12.4. The number of H-pyrrole nitrogens is 1. The molecule has 23 heavy (non-hydrogen) atoms. The summed E-state index contributed by atoms with van der Waals surface area (Å²) in [5.74, 6) is 0.443. The van der Waals surface area contributed by atoms with Crippen molar-refractivity contribution in [3.8, 4) is 5.75 Å². The number of benzene rings is 1. The van der Waals surface area contributed by atoms with Crippen LogP contribution in [0.4, 0.5) is 0 Å². The van der Waals surface area contributed by atoms with Crippen molar-refractivity contribution in [1.29, 1.82) is 0 Å². The Morgan fingerprint density at radius 3 is 2.65 bits per heavy atom. The van der Waals surface area contributed by atoms with Crippen LogP contribution in [0.25, 0.3) is 0 Å². The molecule has 1 aromatic carbocycles. The van der Waals surface area contributed by atoms with Crippen LogP contribution in [0.5, 0.6) is 5.75 Å². The molecule has 2 aromatic rings. The summed E-state index contributed by atoms with van der Waals surface area (Å²) in [5.41, 5.74) is -0.224. The fourth-order valence-electron chi connectivity index (χ4n) is 2.26. The van der Waals surface area contributed by atoms with Crippen molar-refractivity contribution in [2.75, 3.05) is 14.2 Å². The Morgan fingerprint density at radius 1 is 1.30 bits per heavy atom. The number of nitrogens with one attached hydrogen (secondary N) is 1. The second-order valence-corrected chi connectivity index (χ2v) is 5.16. The van der Waals surface area contributed by atoms with E-state index in [1.54, 1.807) is 14.2 Å². The van der Waals surface area contributed by atoms with Crippen molar-refractivity contribution in [2.45, 2.75) is 19.5 Å². The normalized spacial score (nSPS) is 11.8. The lowest BCUT2D eigenvalue weighted by Crippen LogP contribution is -2.37. The molecule has 1 unspecified atom stereocenters. The van der Waals surface area contributed by atoms with Gasteiger partial charge in [0.15, 0.2) is 0 Å². The molecule has 7 nitrogen and oxygen atoms in total. The minimum Gasteiger partial charge on any atom is -0.496 e. The molecule has 0 saturated carbocycles. The fourth-order valence-corrected chi connectivity index (χ4v) is 2.26. The van der Waals surface area contributed by atoms with E-state index in [0.717, 1.165) is 10.1 Å². The van der Waals surface area contributed by atoms with Crippen LogP contribution in [-0.4, -0.2) is 34.5 Å². The zero-order valence-electron chi connectivity index (χ0n) is 13.3. The zero-order valence-corrected chi connectivity index (χ0v) is 13.3. The van der Waals surface area contributed by atoms with E-state index >= 15 is 0 Å². The summed E-state index contributed by atoms with van der Waals surface area (Å²) in [5, 5.41) is 0. The van der Waals surface area contributed by atoms with Crippen LogP contribution in [0, 0.1) is 0 Å². The summed E-state index contributed by atoms with van der Waals surface area (Å²) in [6, 6.07) is 8.43. The molecule has 1 aromatic heterocycles. The number of carbonyl (C=O) groups excluding carboxylic acids is 1. The first-order chi connectivity index (χ1) is 10.9. The standard InChI is InChI=1S/C16H19N3O4/c1-11(12-6-4-5-7-13(12)23-3)18(2)15(21)10-19-9-8-14(20)17-16(19)22/h4-9,11H,10H2,1-3H3,(H,17,20,22). The quantitative estimate of drug-likeness (QED) is 0.882. The molecule has 0 aliphatic heterocycles. The van der Waals surface area contributed by atoms with Crippen molar-refractivity contribution in [2.24, 2.45) is 0 Å². The summed E-state index contributed by atoms with van der Waals surface area (Å²) in [6.07, 6.45) is 1.31. The molecule has 0 bridgehead atoms. The Morgan fingerprint density at radius 2 is 2.00 bits per heavy atom. The highest BCUT2D eigenvalue weighted by molar-refractivity contribution is 5.76. The maximum absolute atomic E-state index is 12.4. The first kappa shape index (κ1) is 16.5. The predicted molar refractivity (Wildman–Crippen MR) is 85.5 cm³/mol. The maximum Gasteiger partial charge on any atom is 0.328 e. The molecule has 0 aliphatic rings. The average molecular weight is 317 g/mol. The number of hydrogen-bond acceptors (Lipinski definition) is 4. The van der Waals surface area contributed by atoms with E-state index in [9.17, 15) is 14.4 Å². The molecule has 7 heteroatoms. The van der Waals surface area contributed by atoms with Gasteiger partial charge in [-0.3, -0.25) is 19.1 Å². The van der Waals surface area contributed by atoms with E-state index in [1.807, 2.05) is 31.2 Å². The van der Waals surface area contributed by atoms with Gasteiger partial charge < -0.3 is 9.64 Å². The third-order valence-corrected chi connectivity index (χ3v) is 3.77. The first-order valence-corrected chi connectivity index (χ1v) is 7.12. The molecular weight excluding hydrogens is 298 g/mol. The van der Waals surface area contributed by atoms with Gasteiger partial charge in [0, 0.05) is 24.9 Å². The van der Waals surface area contributed by atoms with Crippen LogP contribution in [-0.2, 0) is 11.3 Å². The number of aromatic nitrogens is 2. The third kappa shape index (κ3) is 3.68. The highest BCUT2D eigenvalue weighted by Gasteiger charge is 2.20. The molecule has 1 amide bonds. The van der Waals surface area contributed by atoms with Crippen LogP contribution in [0.15, 0.2) is 46.1 Å². The third-order valence-electron chi connectivity index (χ3n) is 3.77. The summed E-state index contributed by atoms with van der Waals surface area (Å²) in [6.45, 7) is 1.73. The number of nitrogens with zero attached hydrogens (tertiary/aromatic N) is 2. The number of likely N-dealkylation sites (N-methyl/N-ethyl adjacent to an activating group) is 1. The van der Waals surface area contributed by atoms with Gasteiger partial charge in [0.05, 0.1) is 13.2 Å². The van der Waals surface area contributed by atoms with Crippen molar-refractivity contribution in [3.63, 3.8) is 0 Å². The summed E-state index contributed by atoms with van der Waals surface area (Å²) in [4.78, 5) is 38.8. The van der Waals surface area contributed by atoms with E-state index in [0.29, 0.717) is 5.75 Å². The van der Waals surface area contributed by atoms with E-state index in [2.05, 4.69) is 4.98 Å². The molecule has 0 spiro atoms. The van der Waals surface area contributed by atoms with Gasteiger partial charge in [0.1, 0.15) is 12.3 Å². The molecule has 0 radical (unpaired) electrons. The van der Waals surface area contributed by atoms with Crippen molar-refractivity contribution in [3.05, 3.63) is 62.9 Å². The topological polar surface area (TPSA) is 84.4 Å². The van der Waals surface area contributed by atoms with E-state index in [-0.39, 0.29) is 18.5 Å². The van der Waals surface area contributed by atoms with Gasteiger partial charge in [0.2, 0.25) is 5.91 Å². The molecule has 0 fully saturated rings. The number of hydrogen-bond donors (Lipinski definition) is 1. The number of methoxy groups -OCH3 is 1. The van der Waals surface area contributed by atoms with Crippen LogP contribution < -0.4 is 16.0 Å². The minimum absolute atomic E-state index is 0.147. The highest BCUT2D eigenvalue weighted by Crippen LogP contribution is 2.28. The van der Waals surface area contributed by atoms with Gasteiger partial charge in [-0.2, -0.15) is 0 Å². The van der Waals surface area contributed by atoms with Gasteiger partial charge in [-0.05, 0) is 13.0 Å². The highest BCUT2D eigenvalue weighted by atomic mass is 16.5. The van der Waals surface area contributed by atoms with Crippen LogP contribution in [0.3, 0.4) is 0 Å². The molecular formula is C16H19N3O4. The molecule has 1 N–H and O–H groups in total. The minimum atomic E-state index is -0.607. The summed E-state index contributed by atoms with van der Waals surface area (Å²) < 4.78 is 6.48. The molecule has 0 aliphatic carbocycles. The Hall–Kier alpha value is -2.83. The second kappa shape index (κ2) is 6.95. The van der Waals surface area contributed by atoms with E-state index in [1.165, 1.54) is 17.2 Å². The Bertz CT molecular complexity index is 809. The lowest BCUT2D eigenvalue weighted by molar-refractivity contribution is -0.132. The Balaban J connectivity index is 2.18. The fraction of sp³-hybridized carbons (Fsp3) is 0.312. The lowest BCUT2D eigenvalue weighted by Gasteiger charge is -2.26. The SMILES string of the molecule is COc1ccccc1C(C)N(C)C(=O)Cn1ccc(=O)[nH]c1=O. The molecule has 1 atom stereocenters. The molecule has 1 heterocycles. The van der Waals surface area contributed by atoms with Gasteiger partial charge in [-0.25, -0.2) is 4.79 Å². The van der Waals surface area contributed by atoms with E-state index in [4.69, 9.17) is 4.74 Å². The number of para-hydroxylation sites is 1. The van der Waals surface area contributed by atoms with Gasteiger partial charge in [0.25, 0.3) is 5.56 Å². The monoisotopic (exact) mass is 317 g/mol. The Kier molecular flexibility index (Phi) is 5.00. The van der Waals surface area contributed by atoms with Gasteiger partial charge in [-0.15, -0.1) is 0 Å². The Labute approximate surface area is 133 Å². The largest absolute Gasteiger partial charge is 0.496 e. The number of ether oxygens (including phenoxy) is 1. The summed E-state index contributed by atoms with van der Waals surface area (Å²) in [7, 11) is 3.24. The predicted octanol–water partition coefficient (Wildman–Crippen LogP) is 0.765. The molecule has 2 rings (SSSR count). The van der Waals surface area contributed by atoms with Crippen LogP contribution >= 0.6 is 0 Å². The van der Waals surface area contributed by atoms with Crippen LogP contribution in [0.2, 0.25) is 0 Å². The van der Waals surface area contributed by atoms with Crippen LogP contribution in [0.1, 0.15) is 18.5 Å². The number of amides is 1. The van der Waals surface area contributed by atoms with Crippen molar-refractivity contribution >= 4 is 5.91 Å². The first-order valence-electron chi connectivity index (χ1n) is 7.12. The van der Waals surface area contributed by atoms with Gasteiger partial charge in [-0.1, -0.05) is 18.2 Å². The second-order valence-electron chi connectivity index (χ2n) is 5.16. The summed E-state index contributed by atoms with van der Waals surface area (Å²) >= 11 is 0. The lowest BCUT2D eigenvalue weighted by atomic mass is 10.1. The smallest absolute Gasteiger partial charge is 0.328 e. The number of aromatic amines is 1. The van der Waals surface area contributed by atoms with Gasteiger partial charge >= 0.3 is 5.69 Å².